The minimum atomic E-state index is -0.534. The zero-order valence-corrected chi connectivity index (χ0v) is 15.1. The van der Waals surface area contributed by atoms with Crippen LogP contribution in [0.2, 0.25) is 0 Å². The van der Waals surface area contributed by atoms with Crippen LogP contribution in [0.3, 0.4) is 0 Å². The molecule has 1 aliphatic rings. The lowest BCUT2D eigenvalue weighted by molar-refractivity contribution is 0.0600. The Morgan fingerprint density at radius 2 is 1.89 bits per heavy atom. The van der Waals surface area contributed by atoms with Crippen LogP contribution in [-0.4, -0.2) is 31.3 Å². The number of methoxy groups -OCH3 is 1. The number of benzene rings is 2. The number of hydrogen-bond donors (Lipinski definition) is 0. The Morgan fingerprint density at radius 1 is 1.15 bits per heavy atom. The maximum absolute atomic E-state index is 12.7. The molecule has 4 nitrogen and oxygen atoms in total. The lowest BCUT2D eigenvalue weighted by atomic mass is 9.92. The fourth-order valence-corrected chi connectivity index (χ4v) is 3.37. The molecule has 4 rings (SSSR count). The lowest BCUT2D eigenvalue weighted by Gasteiger charge is -2.16. The summed E-state index contributed by atoms with van der Waals surface area (Å²) in [4.78, 5) is 17.5. The minimum Gasteiger partial charge on any atom is -0.491 e. The van der Waals surface area contributed by atoms with Gasteiger partial charge in [-0.2, -0.15) is 0 Å². The molecule has 5 heteroatoms. The van der Waals surface area contributed by atoms with Crippen LogP contribution in [0.25, 0.3) is 22.0 Å². The highest BCUT2D eigenvalue weighted by atomic mass is 19.1. The van der Waals surface area contributed by atoms with E-state index in [-0.39, 0.29) is 12.6 Å². The van der Waals surface area contributed by atoms with Crippen molar-refractivity contribution in [1.82, 2.24) is 4.98 Å². The predicted molar refractivity (Wildman–Crippen MR) is 102 cm³/mol. The van der Waals surface area contributed by atoms with Gasteiger partial charge >= 0.3 is 5.97 Å². The lowest BCUT2D eigenvalue weighted by Crippen LogP contribution is -2.10. The highest BCUT2D eigenvalue weighted by Gasteiger charge is 2.33. The Hall–Kier alpha value is -2.95. The first-order valence-electron chi connectivity index (χ1n) is 9.03. The van der Waals surface area contributed by atoms with Crippen molar-refractivity contribution < 1.29 is 18.7 Å². The molecule has 27 heavy (non-hydrogen) atoms. The minimum absolute atomic E-state index is 0.0246. The first-order valence-corrected chi connectivity index (χ1v) is 9.03. The van der Waals surface area contributed by atoms with Crippen LogP contribution in [0.4, 0.5) is 4.39 Å². The number of nitrogens with zero attached hydrogens (tertiary/aromatic N) is 1. The summed E-state index contributed by atoms with van der Waals surface area (Å²) < 4.78 is 22.7. The van der Waals surface area contributed by atoms with E-state index < -0.39 is 6.67 Å². The number of pyridine rings is 1. The summed E-state index contributed by atoms with van der Waals surface area (Å²) in [5.41, 5.74) is 3.92. The fraction of sp³-hybridized carbons (Fsp3) is 0.273. The smallest absolute Gasteiger partial charge is 0.340 e. The third-order valence-corrected chi connectivity index (χ3v) is 4.76. The number of fused-ring (bicyclic) bond motifs is 1. The fourth-order valence-electron chi connectivity index (χ4n) is 3.37. The second kappa shape index (κ2) is 7.35. The molecule has 3 aromatic rings. The van der Waals surface area contributed by atoms with Crippen molar-refractivity contribution in [2.45, 2.75) is 18.8 Å². The van der Waals surface area contributed by atoms with Crippen molar-refractivity contribution in [2.24, 2.45) is 0 Å². The van der Waals surface area contributed by atoms with Gasteiger partial charge in [-0.1, -0.05) is 30.3 Å². The maximum Gasteiger partial charge on any atom is 0.340 e. The molecule has 0 saturated heterocycles. The van der Waals surface area contributed by atoms with Gasteiger partial charge in [-0.25, -0.2) is 9.18 Å². The Labute approximate surface area is 156 Å². The summed E-state index contributed by atoms with van der Waals surface area (Å²) in [6, 6.07) is 15.2. The van der Waals surface area contributed by atoms with E-state index in [0.717, 1.165) is 40.6 Å². The van der Waals surface area contributed by atoms with Crippen LogP contribution in [0.15, 0.2) is 48.5 Å². The van der Waals surface area contributed by atoms with E-state index in [1.807, 2.05) is 36.4 Å². The van der Waals surface area contributed by atoms with Gasteiger partial charge in [0.2, 0.25) is 0 Å². The van der Waals surface area contributed by atoms with Gasteiger partial charge < -0.3 is 9.47 Å². The molecule has 1 aromatic heterocycles. The molecule has 138 valence electrons. The van der Waals surface area contributed by atoms with E-state index in [4.69, 9.17) is 14.5 Å². The maximum atomic E-state index is 12.7. The van der Waals surface area contributed by atoms with Crippen LogP contribution < -0.4 is 4.74 Å². The molecule has 1 fully saturated rings. The van der Waals surface area contributed by atoms with Gasteiger partial charge in [0.25, 0.3) is 0 Å². The molecule has 0 atom stereocenters. The van der Waals surface area contributed by atoms with Crippen molar-refractivity contribution in [3.05, 3.63) is 59.8 Å². The molecule has 0 N–H and O–H groups in total. The van der Waals surface area contributed by atoms with Crippen molar-refractivity contribution in [3.63, 3.8) is 0 Å². The van der Waals surface area contributed by atoms with E-state index in [2.05, 4.69) is 0 Å². The van der Waals surface area contributed by atoms with Crippen molar-refractivity contribution in [3.8, 4) is 16.9 Å². The molecule has 1 saturated carbocycles. The average molecular weight is 365 g/mol. The van der Waals surface area contributed by atoms with Gasteiger partial charge in [-0.05, 0) is 36.6 Å². The normalized spacial score (nSPS) is 13.6. The van der Waals surface area contributed by atoms with Gasteiger partial charge in [0.1, 0.15) is 19.0 Å². The summed E-state index contributed by atoms with van der Waals surface area (Å²) in [5, 5.41) is 0.903. The second-order valence-corrected chi connectivity index (χ2v) is 6.59. The summed E-state index contributed by atoms with van der Waals surface area (Å²) in [7, 11) is 1.39. The predicted octanol–water partition coefficient (Wildman–Crippen LogP) is 4.91. The summed E-state index contributed by atoms with van der Waals surface area (Å²) in [5.74, 6) is 0.523. The molecule has 0 unspecified atom stereocenters. The van der Waals surface area contributed by atoms with E-state index >= 15 is 0 Å². The number of ether oxygens (including phenoxy) is 2. The van der Waals surface area contributed by atoms with Gasteiger partial charge in [0.05, 0.1) is 23.9 Å². The number of para-hydroxylation sites is 1. The Morgan fingerprint density at radius 3 is 2.56 bits per heavy atom. The molecule has 0 bridgehead atoms. The molecule has 2 aromatic carbocycles. The van der Waals surface area contributed by atoms with Crippen LogP contribution in [-0.2, 0) is 4.74 Å². The summed E-state index contributed by atoms with van der Waals surface area (Å²) >= 11 is 0. The number of halogens is 1. The largest absolute Gasteiger partial charge is 0.491 e. The third-order valence-electron chi connectivity index (χ3n) is 4.76. The first kappa shape index (κ1) is 17.5. The topological polar surface area (TPSA) is 48.4 Å². The SMILES string of the molecule is COC(=O)c1c(C2CC2)nc2ccccc2c1-c1ccc(OCCF)cc1. The molecule has 0 amide bonds. The monoisotopic (exact) mass is 365 g/mol. The highest BCUT2D eigenvalue weighted by molar-refractivity contribution is 6.08. The van der Waals surface area contributed by atoms with Crippen molar-refractivity contribution in [2.75, 3.05) is 20.4 Å². The number of carbonyl (C=O) groups excluding carboxylic acids is 1. The Balaban J connectivity index is 1.93. The molecular weight excluding hydrogens is 345 g/mol. The van der Waals surface area contributed by atoms with Crippen LogP contribution in [0, 0.1) is 0 Å². The molecule has 1 aliphatic carbocycles. The summed E-state index contributed by atoms with van der Waals surface area (Å²) in [6.45, 7) is -0.509. The highest BCUT2D eigenvalue weighted by Crippen LogP contribution is 2.45. The molecule has 1 heterocycles. The number of hydrogen-bond acceptors (Lipinski definition) is 4. The number of aromatic nitrogens is 1. The van der Waals surface area contributed by atoms with E-state index in [0.29, 0.717) is 17.2 Å². The summed E-state index contributed by atoms with van der Waals surface area (Å²) in [6.07, 6.45) is 2.07. The zero-order valence-electron chi connectivity index (χ0n) is 15.1. The van der Waals surface area contributed by atoms with E-state index in [1.54, 1.807) is 12.1 Å². The number of esters is 1. The molecule has 0 aliphatic heterocycles. The van der Waals surface area contributed by atoms with Gasteiger partial charge in [0, 0.05) is 16.9 Å². The van der Waals surface area contributed by atoms with Crippen molar-refractivity contribution in [1.29, 1.82) is 0 Å². The molecule has 0 radical (unpaired) electrons. The number of carbonyl (C=O) groups is 1. The number of rotatable bonds is 6. The van der Waals surface area contributed by atoms with Gasteiger partial charge in [0.15, 0.2) is 0 Å². The Bertz CT molecular complexity index is 981. The van der Waals surface area contributed by atoms with Crippen molar-refractivity contribution >= 4 is 16.9 Å². The third kappa shape index (κ3) is 3.37. The Kier molecular flexibility index (Phi) is 4.75. The van der Waals surface area contributed by atoms with E-state index in [1.165, 1.54) is 7.11 Å². The van der Waals surface area contributed by atoms with Crippen LogP contribution in [0.1, 0.15) is 34.8 Å². The molecule has 0 spiro atoms. The first-order chi connectivity index (χ1) is 13.2. The van der Waals surface area contributed by atoms with Gasteiger partial charge in [-0.3, -0.25) is 4.98 Å². The van der Waals surface area contributed by atoms with Gasteiger partial charge in [-0.15, -0.1) is 0 Å². The zero-order chi connectivity index (χ0) is 18.8. The van der Waals surface area contributed by atoms with Crippen LogP contribution in [0.5, 0.6) is 5.75 Å². The quantitative estimate of drug-likeness (QED) is 0.582. The average Bonchev–Trinajstić information content (AvgIpc) is 3.56. The van der Waals surface area contributed by atoms with Crippen LogP contribution >= 0.6 is 0 Å². The molecular formula is C22H20FNO3. The standard InChI is InChI=1S/C22H20FNO3/c1-26-22(25)20-19(14-8-10-16(11-9-14)27-13-12-23)17-4-2-3-5-18(17)24-21(20)15-6-7-15/h2-5,8-11,15H,6-7,12-13H2,1H3. The van der Waals surface area contributed by atoms with E-state index in [9.17, 15) is 9.18 Å². The second-order valence-electron chi connectivity index (χ2n) is 6.59. The number of alkyl halides is 1.